The van der Waals surface area contributed by atoms with Crippen molar-refractivity contribution in [3.63, 3.8) is 0 Å². The smallest absolute Gasteiger partial charge is 0.192 e. The molecule has 1 N–H and O–H groups in total. The molecule has 3 heterocycles. The zero-order valence-corrected chi connectivity index (χ0v) is 18.3. The van der Waals surface area contributed by atoms with Crippen LogP contribution in [0.2, 0.25) is 0 Å². The maximum atomic E-state index is 13.3. The van der Waals surface area contributed by atoms with E-state index in [4.69, 9.17) is 9.47 Å². The molecule has 5 rings (SSSR count). The Bertz CT molecular complexity index is 1280. The third-order valence-electron chi connectivity index (χ3n) is 5.46. The lowest BCUT2D eigenvalue weighted by atomic mass is 10.1. The molecule has 2 atom stereocenters. The van der Waals surface area contributed by atoms with Gasteiger partial charge in [0.15, 0.2) is 34.4 Å². The van der Waals surface area contributed by atoms with E-state index in [0.29, 0.717) is 23.3 Å². The number of aromatic nitrogens is 4. The van der Waals surface area contributed by atoms with Gasteiger partial charge in [0.05, 0.1) is 5.25 Å². The number of hydrogen-bond acceptors (Lipinski definition) is 6. The fourth-order valence-corrected chi connectivity index (χ4v) is 4.75. The van der Waals surface area contributed by atoms with E-state index in [9.17, 15) is 4.79 Å². The molecular formula is C23H22N4O3S. The van der Waals surface area contributed by atoms with Crippen molar-refractivity contribution >= 4 is 28.4 Å². The first kappa shape index (κ1) is 19.7. The van der Waals surface area contributed by atoms with Crippen LogP contribution in [0.1, 0.15) is 34.9 Å². The average molecular weight is 435 g/mol. The Hall–Kier alpha value is -3.26. The van der Waals surface area contributed by atoms with Crippen molar-refractivity contribution in [3.05, 3.63) is 65.6 Å². The minimum atomic E-state index is -0.358. The van der Waals surface area contributed by atoms with Crippen LogP contribution in [0.4, 0.5) is 0 Å². The van der Waals surface area contributed by atoms with Crippen molar-refractivity contribution in [2.24, 2.45) is 7.05 Å². The topological polar surface area (TPSA) is 82.0 Å². The molecule has 8 heteroatoms. The van der Waals surface area contributed by atoms with E-state index in [0.717, 1.165) is 27.9 Å². The number of thioether (sulfide) groups is 1. The summed E-state index contributed by atoms with van der Waals surface area (Å²) >= 11 is 1.39. The fourth-order valence-electron chi connectivity index (χ4n) is 3.86. The number of Topliss-reactive ketones (excluding diaryl/α,β-unsaturated/α-hetero) is 1. The molecule has 0 radical (unpaired) electrons. The highest BCUT2D eigenvalue weighted by atomic mass is 32.2. The van der Waals surface area contributed by atoms with E-state index in [1.54, 1.807) is 0 Å². The lowest BCUT2D eigenvalue weighted by Crippen LogP contribution is -2.24. The third kappa shape index (κ3) is 3.46. The largest absolute Gasteiger partial charge is 0.485 e. The Kier molecular flexibility index (Phi) is 4.94. The summed E-state index contributed by atoms with van der Waals surface area (Å²) in [7, 11) is 1.88. The molecule has 2 aromatic carbocycles. The van der Waals surface area contributed by atoms with Crippen molar-refractivity contribution in [1.29, 1.82) is 0 Å². The predicted octanol–water partition coefficient (Wildman–Crippen LogP) is 4.48. The van der Waals surface area contributed by atoms with Crippen LogP contribution in [0, 0.1) is 6.92 Å². The van der Waals surface area contributed by atoms with Gasteiger partial charge in [-0.1, -0.05) is 42.1 Å². The van der Waals surface area contributed by atoms with Gasteiger partial charge in [0.2, 0.25) is 0 Å². The number of rotatable bonds is 5. The number of carbonyl (C=O) groups excluding carboxylic acids is 1. The molecular weight excluding hydrogens is 412 g/mol. The van der Waals surface area contributed by atoms with E-state index in [1.807, 2.05) is 74.0 Å². The summed E-state index contributed by atoms with van der Waals surface area (Å²) in [6, 6.07) is 15.4. The van der Waals surface area contributed by atoms with E-state index >= 15 is 0 Å². The number of H-pyrrole nitrogens is 1. The van der Waals surface area contributed by atoms with Crippen LogP contribution >= 0.6 is 11.8 Å². The maximum absolute atomic E-state index is 13.3. The van der Waals surface area contributed by atoms with E-state index in [1.165, 1.54) is 11.8 Å². The zero-order valence-electron chi connectivity index (χ0n) is 17.5. The normalized spacial score (nSPS) is 16.4. The van der Waals surface area contributed by atoms with Crippen LogP contribution in [0.15, 0.2) is 53.7 Å². The van der Waals surface area contributed by atoms with Crippen molar-refractivity contribution in [2.75, 3.05) is 6.61 Å². The first-order valence-corrected chi connectivity index (χ1v) is 11.0. The summed E-state index contributed by atoms with van der Waals surface area (Å²) in [5.74, 6) is 2.15. The molecule has 31 heavy (non-hydrogen) atoms. The average Bonchev–Trinajstić information content (AvgIpc) is 3.31. The zero-order chi connectivity index (χ0) is 21.5. The number of ketones is 1. The highest BCUT2D eigenvalue weighted by molar-refractivity contribution is 8.00. The number of hydrogen-bond donors (Lipinski definition) is 1. The van der Waals surface area contributed by atoms with Crippen molar-refractivity contribution in [3.8, 4) is 11.5 Å². The van der Waals surface area contributed by atoms with Gasteiger partial charge < -0.3 is 19.0 Å². The quantitative estimate of drug-likeness (QED) is 0.368. The Labute approximate surface area is 183 Å². The van der Waals surface area contributed by atoms with Gasteiger partial charge in [-0.2, -0.15) is 0 Å². The first-order chi connectivity index (χ1) is 15.0. The van der Waals surface area contributed by atoms with E-state index < -0.39 is 0 Å². The monoisotopic (exact) mass is 434 g/mol. The first-order valence-electron chi connectivity index (χ1n) is 10.1. The number of nitrogens with zero attached hydrogens (tertiary/aromatic N) is 3. The van der Waals surface area contributed by atoms with Crippen molar-refractivity contribution < 1.29 is 14.3 Å². The third-order valence-corrected chi connectivity index (χ3v) is 6.59. The van der Waals surface area contributed by atoms with E-state index in [-0.39, 0.29) is 17.1 Å². The highest BCUT2D eigenvalue weighted by Crippen LogP contribution is 2.36. The van der Waals surface area contributed by atoms with Crippen LogP contribution in [-0.2, 0) is 7.05 Å². The lowest BCUT2D eigenvalue weighted by Gasteiger charge is -2.25. The molecule has 0 bridgehead atoms. The second-order valence-corrected chi connectivity index (χ2v) is 8.87. The van der Waals surface area contributed by atoms with Crippen LogP contribution in [0.3, 0.4) is 0 Å². The molecule has 158 valence electrons. The summed E-state index contributed by atoms with van der Waals surface area (Å²) in [5, 5.41) is 9.93. The molecule has 0 saturated carbocycles. The number of nitrogens with one attached hydrogen (secondary N) is 1. The van der Waals surface area contributed by atoms with Crippen LogP contribution < -0.4 is 9.47 Å². The standard InChI is InChI=1S/C23H22N4O3S/c1-13-20(15-8-4-5-9-16(15)24-13)21(28)14(2)31-23-26-25-22(27(23)3)19-12-29-17-10-6-7-11-18(17)30-19/h4-11,14,19,24H,12H2,1-3H3/t14-,19+/m0/s1. The van der Waals surface area contributed by atoms with Gasteiger partial charge in [-0.15, -0.1) is 10.2 Å². The number of fused-ring (bicyclic) bond motifs is 2. The van der Waals surface area contributed by atoms with Gasteiger partial charge in [0, 0.05) is 29.2 Å². The summed E-state index contributed by atoms with van der Waals surface area (Å²) in [6.45, 7) is 4.19. The van der Waals surface area contributed by atoms with Crippen LogP contribution in [-0.4, -0.2) is 37.4 Å². The summed E-state index contributed by atoms with van der Waals surface area (Å²) in [6.07, 6.45) is -0.358. The SMILES string of the molecule is Cc1[nH]c2ccccc2c1C(=O)[C@H](C)Sc1nnc([C@H]2COc3ccccc3O2)n1C. The molecule has 0 amide bonds. The number of aryl methyl sites for hydroxylation is 1. The van der Waals surface area contributed by atoms with Gasteiger partial charge >= 0.3 is 0 Å². The maximum Gasteiger partial charge on any atom is 0.192 e. The Morgan fingerprint density at radius 2 is 1.90 bits per heavy atom. The van der Waals surface area contributed by atoms with Gasteiger partial charge in [0.25, 0.3) is 0 Å². The van der Waals surface area contributed by atoms with Crippen LogP contribution in [0.5, 0.6) is 11.5 Å². The molecule has 0 spiro atoms. The number of aromatic amines is 1. The van der Waals surface area contributed by atoms with Gasteiger partial charge in [-0.25, -0.2) is 0 Å². The molecule has 4 aromatic rings. The molecule has 7 nitrogen and oxygen atoms in total. The highest BCUT2D eigenvalue weighted by Gasteiger charge is 2.29. The molecule has 2 aromatic heterocycles. The summed E-state index contributed by atoms with van der Waals surface area (Å²) in [4.78, 5) is 16.6. The Morgan fingerprint density at radius 3 is 2.74 bits per heavy atom. The fraction of sp³-hybridized carbons (Fsp3) is 0.261. The van der Waals surface area contributed by atoms with Gasteiger partial charge in [-0.3, -0.25) is 4.79 Å². The van der Waals surface area contributed by atoms with Crippen molar-refractivity contribution in [2.45, 2.75) is 30.4 Å². The molecule has 0 saturated heterocycles. The second-order valence-electron chi connectivity index (χ2n) is 7.56. The molecule has 0 fully saturated rings. The number of benzene rings is 2. The Balaban J connectivity index is 1.36. The molecule has 1 aliphatic rings. The molecule has 0 unspecified atom stereocenters. The van der Waals surface area contributed by atoms with Gasteiger partial charge in [0.1, 0.15) is 6.61 Å². The summed E-state index contributed by atoms with van der Waals surface area (Å²) < 4.78 is 13.7. The molecule has 0 aliphatic carbocycles. The van der Waals surface area contributed by atoms with E-state index in [2.05, 4.69) is 15.2 Å². The summed E-state index contributed by atoms with van der Waals surface area (Å²) in [5.41, 5.74) is 2.58. The number of carbonyl (C=O) groups is 1. The molecule has 1 aliphatic heterocycles. The van der Waals surface area contributed by atoms with Gasteiger partial charge in [-0.05, 0) is 32.0 Å². The van der Waals surface area contributed by atoms with Crippen molar-refractivity contribution in [1.82, 2.24) is 19.7 Å². The Morgan fingerprint density at radius 1 is 1.16 bits per heavy atom. The predicted molar refractivity (Wildman–Crippen MR) is 119 cm³/mol. The lowest BCUT2D eigenvalue weighted by molar-refractivity contribution is 0.0825. The minimum Gasteiger partial charge on any atom is -0.485 e. The number of para-hydroxylation sites is 3. The number of ether oxygens (including phenoxy) is 2. The second kappa shape index (κ2) is 7.77. The minimum absolute atomic E-state index is 0.0654. The van der Waals surface area contributed by atoms with Crippen LogP contribution in [0.25, 0.3) is 10.9 Å².